The van der Waals surface area contributed by atoms with E-state index in [1.165, 1.54) is 71.9 Å². The fourth-order valence-electron chi connectivity index (χ4n) is 6.52. The molecule has 2 heterocycles. The Bertz CT molecular complexity index is 1760. The van der Waals surface area contributed by atoms with Crippen LogP contribution in [0.1, 0.15) is 49.7 Å². The van der Waals surface area contributed by atoms with E-state index in [-0.39, 0.29) is 0 Å². The SMILES string of the molecule is C=[N+]1C=CC(CC2CCCCC2)=C[C-]1c1cc2c(cc1C)[o+][c-]1cc(-c3ccc(-c4ccccc4)cc3)ccc21. The zero-order valence-electron chi connectivity index (χ0n) is 23.2. The minimum Gasteiger partial charge on any atom is -0.287 e. The minimum absolute atomic E-state index is 0.812. The van der Waals surface area contributed by atoms with Crippen LogP contribution in [-0.2, 0) is 0 Å². The van der Waals surface area contributed by atoms with Gasteiger partial charge in [0.1, 0.15) is 12.2 Å². The standard InChI is InChI=1S/C38H35NO/c1-26-21-37-35(25-34(26)36-23-28(19-20-39(36)2)22-27-9-5-3-6-10-27)33-18-17-32(24-38(33)40-37)31-15-13-30(14-16-31)29-11-7-4-8-12-29/h4,7-8,11-21,23-25,27H,2-3,5-6,9-10,22H2,1H3. The van der Waals surface area contributed by atoms with Crippen LogP contribution in [0.5, 0.6) is 0 Å². The molecule has 0 N–H and O–H groups in total. The van der Waals surface area contributed by atoms with E-state index in [1.54, 1.807) is 0 Å². The van der Waals surface area contributed by atoms with Crippen LogP contribution in [0.2, 0.25) is 0 Å². The van der Waals surface area contributed by atoms with Crippen molar-refractivity contribution in [2.75, 3.05) is 0 Å². The van der Waals surface area contributed by atoms with Gasteiger partial charge in [-0.3, -0.25) is 8.99 Å². The van der Waals surface area contributed by atoms with Crippen LogP contribution in [-0.4, -0.2) is 11.3 Å². The molecule has 0 saturated heterocycles. The lowest BCUT2D eigenvalue weighted by molar-refractivity contribution is -0.418. The molecule has 0 radical (unpaired) electrons. The summed E-state index contributed by atoms with van der Waals surface area (Å²) in [4.78, 5) is 0. The maximum atomic E-state index is 6.41. The minimum atomic E-state index is 0.812. The number of aryl methyl sites for hydroxylation is 1. The predicted molar refractivity (Wildman–Crippen MR) is 167 cm³/mol. The molecule has 1 aromatic heterocycles. The number of fused-ring (bicyclic) bond motifs is 3. The Morgan fingerprint density at radius 3 is 2.33 bits per heavy atom. The summed E-state index contributed by atoms with van der Waals surface area (Å²) in [6.45, 7) is 6.50. The van der Waals surface area contributed by atoms with Crippen LogP contribution in [0.15, 0.2) is 113 Å². The van der Waals surface area contributed by atoms with Crippen molar-refractivity contribution >= 4 is 28.7 Å². The molecule has 7 rings (SSSR count). The highest BCUT2D eigenvalue weighted by Crippen LogP contribution is 2.38. The summed E-state index contributed by atoms with van der Waals surface area (Å²) in [6.07, 6.45) is 14.8. The molecule has 1 saturated carbocycles. The fourth-order valence-corrected chi connectivity index (χ4v) is 6.52. The van der Waals surface area contributed by atoms with Gasteiger partial charge in [-0.15, -0.1) is 18.2 Å². The molecule has 0 bridgehead atoms. The van der Waals surface area contributed by atoms with Crippen LogP contribution in [0.25, 0.3) is 44.2 Å². The third-order valence-electron chi connectivity index (χ3n) is 8.77. The smallest absolute Gasteiger partial charge is 0.278 e. The van der Waals surface area contributed by atoms with E-state index in [1.807, 2.05) is 4.58 Å². The van der Waals surface area contributed by atoms with Crippen LogP contribution in [0.3, 0.4) is 0 Å². The summed E-state index contributed by atoms with van der Waals surface area (Å²) in [6, 6.07) is 31.5. The number of rotatable bonds is 5. The summed E-state index contributed by atoms with van der Waals surface area (Å²) in [5.74, 6) is 0.812. The Labute approximate surface area is 237 Å². The van der Waals surface area contributed by atoms with Crippen molar-refractivity contribution in [2.45, 2.75) is 45.4 Å². The van der Waals surface area contributed by atoms with Crippen molar-refractivity contribution in [3.05, 3.63) is 126 Å². The van der Waals surface area contributed by atoms with E-state index in [9.17, 15) is 0 Å². The summed E-state index contributed by atoms with van der Waals surface area (Å²) in [5.41, 5.74) is 10.5. The topological polar surface area (TPSA) is 14.3 Å². The molecule has 1 aliphatic heterocycles. The van der Waals surface area contributed by atoms with Gasteiger partial charge < -0.3 is 0 Å². The zero-order chi connectivity index (χ0) is 27.1. The Hall–Kier alpha value is -4.30. The van der Waals surface area contributed by atoms with Gasteiger partial charge in [0.15, 0.2) is 0 Å². The largest absolute Gasteiger partial charge is 0.287 e. The maximum absolute atomic E-state index is 6.41. The number of hydrogen-bond donors (Lipinski definition) is 0. The Morgan fingerprint density at radius 1 is 0.850 bits per heavy atom. The molecule has 198 valence electrons. The summed E-state index contributed by atoms with van der Waals surface area (Å²) < 4.78 is 8.42. The quantitative estimate of drug-likeness (QED) is 0.127. The summed E-state index contributed by atoms with van der Waals surface area (Å²) in [5, 5.41) is 2.30. The van der Waals surface area contributed by atoms with Crippen molar-refractivity contribution in [1.29, 1.82) is 0 Å². The average Bonchev–Trinajstić information content (AvgIpc) is 3.35. The molecule has 1 fully saturated rings. The van der Waals surface area contributed by atoms with E-state index in [0.29, 0.717) is 0 Å². The van der Waals surface area contributed by atoms with Gasteiger partial charge in [-0.25, -0.2) is 0 Å². The number of nitrogens with zero attached hydrogens (tertiary/aromatic N) is 1. The van der Waals surface area contributed by atoms with Crippen LogP contribution in [0.4, 0.5) is 0 Å². The van der Waals surface area contributed by atoms with Crippen molar-refractivity contribution in [2.24, 2.45) is 5.92 Å². The predicted octanol–water partition coefficient (Wildman–Crippen LogP) is 10.2. The second-order valence-corrected chi connectivity index (χ2v) is 11.5. The number of furan rings is 1. The molecule has 1 aliphatic carbocycles. The molecule has 2 nitrogen and oxygen atoms in total. The first-order valence-corrected chi connectivity index (χ1v) is 14.6. The van der Waals surface area contributed by atoms with Gasteiger partial charge in [-0.2, -0.15) is 0 Å². The summed E-state index contributed by atoms with van der Waals surface area (Å²) in [7, 11) is 0. The highest BCUT2D eigenvalue weighted by Gasteiger charge is 2.22. The normalized spacial score (nSPS) is 16.2. The second kappa shape index (κ2) is 10.4. The molecule has 4 aromatic carbocycles. The van der Waals surface area contributed by atoms with Gasteiger partial charge in [0.2, 0.25) is 0 Å². The Morgan fingerprint density at radius 2 is 1.55 bits per heavy atom. The third-order valence-corrected chi connectivity index (χ3v) is 8.77. The number of hydrogen-bond acceptors (Lipinski definition) is 0. The first-order valence-electron chi connectivity index (χ1n) is 14.6. The molecule has 40 heavy (non-hydrogen) atoms. The highest BCUT2D eigenvalue weighted by atomic mass is 16.3. The maximum Gasteiger partial charge on any atom is 0.278 e. The molecule has 0 spiro atoms. The monoisotopic (exact) mass is 521 g/mol. The molecule has 0 atom stereocenters. The molecule has 2 aliphatic rings. The molecular weight excluding hydrogens is 486 g/mol. The van der Waals surface area contributed by atoms with Gasteiger partial charge in [-0.05, 0) is 58.0 Å². The molecule has 2 heteroatoms. The lowest BCUT2D eigenvalue weighted by Gasteiger charge is -2.26. The number of allylic oxidation sites excluding steroid dienone is 2. The van der Waals surface area contributed by atoms with Gasteiger partial charge >= 0.3 is 0 Å². The average molecular weight is 522 g/mol. The number of benzene rings is 4. The summed E-state index contributed by atoms with van der Waals surface area (Å²) >= 11 is 0. The lowest BCUT2D eigenvalue weighted by atomic mass is 9.83. The first-order chi connectivity index (χ1) is 19.6. The highest BCUT2D eigenvalue weighted by molar-refractivity contribution is 6.06. The van der Waals surface area contributed by atoms with E-state index in [4.69, 9.17) is 4.42 Å². The van der Waals surface area contributed by atoms with Crippen LogP contribution >= 0.6 is 0 Å². The van der Waals surface area contributed by atoms with Crippen molar-refractivity contribution in [3.63, 3.8) is 0 Å². The van der Waals surface area contributed by atoms with Gasteiger partial charge in [0, 0.05) is 0 Å². The molecular formula is C38H35NO. The fraction of sp³-hybridized carbons (Fsp3) is 0.211. The molecule has 0 unspecified atom stereocenters. The first kappa shape index (κ1) is 24.7. The van der Waals surface area contributed by atoms with E-state index >= 15 is 0 Å². The van der Waals surface area contributed by atoms with Gasteiger partial charge in [-0.1, -0.05) is 122 Å². The molecule has 5 aromatic rings. The van der Waals surface area contributed by atoms with Crippen molar-refractivity contribution < 1.29 is 8.99 Å². The second-order valence-electron chi connectivity index (χ2n) is 11.5. The van der Waals surface area contributed by atoms with Crippen molar-refractivity contribution in [1.82, 2.24) is 0 Å². The van der Waals surface area contributed by atoms with E-state index in [2.05, 4.69) is 117 Å². The van der Waals surface area contributed by atoms with Gasteiger partial charge in [0.25, 0.3) is 11.2 Å². The zero-order valence-corrected chi connectivity index (χ0v) is 23.2. The van der Waals surface area contributed by atoms with Crippen LogP contribution in [0, 0.1) is 18.9 Å². The van der Waals surface area contributed by atoms with E-state index < -0.39 is 0 Å². The van der Waals surface area contributed by atoms with Gasteiger partial charge in [0.05, 0.1) is 6.72 Å². The molecule has 0 amide bonds. The third kappa shape index (κ3) is 4.69. The Balaban J connectivity index is 1.21. The van der Waals surface area contributed by atoms with Crippen molar-refractivity contribution in [3.8, 4) is 22.3 Å². The lowest BCUT2D eigenvalue weighted by Crippen LogP contribution is -2.17. The van der Waals surface area contributed by atoms with E-state index in [0.717, 1.165) is 39.5 Å². The van der Waals surface area contributed by atoms with Crippen LogP contribution < -0.4 is 0 Å². The Kier molecular flexibility index (Phi) is 6.40.